The zero-order chi connectivity index (χ0) is 24.8. The maximum Gasteiger partial charge on any atom is 0.303 e. The van der Waals surface area contributed by atoms with E-state index in [-0.39, 0.29) is 11.8 Å². The summed E-state index contributed by atoms with van der Waals surface area (Å²) in [7, 11) is 0. The lowest BCUT2D eigenvalue weighted by Crippen LogP contribution is -2.28. The van der Waals surface area contributed by atoms with Crippen molar-refractivity contribution in [3.63, 3.8) is 0 Å². The maximum atomic E-state index is 10.8. The molecule has 182 valence electrons. The van der Waals surface area contributed by atoms with E-state index in [1.54, 1.807) is 11.3 Å². The number of rotatable bonds is 10. The van der Waals surface area contributed by atoms with Gasteiger partial charge < -0.3 is 14.7 Å². The third-order valence-electron chi connectivity index (χ3n) is 5.93. The van der Waals surface area contributed by atoms with Gasteiger partial charge in [-0.25, -0.2) is 4.98 Å². The van der Waals surface area contributed by atoms with E-state index in [0.717, 1.165) is 28.5 Å². The fourth-order valence-electron chi connectivity index (χ4n) is 3.85. The standard InChI is InChI=1S/C29H32N2O3S/c1-29(2,3)23-13-8-22(9-14-23)20-31(28-30-25-6-4-5-7-26(25)35-28)18-19-34-24-15-10-21(11-16-24)12-17-27(32)33/h4-11,13-16H,12,17-20H2,1-3H3,(H,32,33). The van der Waals surface area contributed by atoms with Crippen molar-refractivity contribution < 1.29 is 14.6 Å². The first-order chi connectivity index (χ1) is 16.8. The molecule has 0 bridgehead atoms. The van der Waals surface area contributed by atoms with Crippen LogP contribution < -0.4 is 9.64 Å². The number of para-hydroxylation sites is 1. The number of ether oxygens (including phenoxy) is 1. The summed E-state index contributed by atoms with van der Waals surface area (Å²) in [5, 5.41) is 9.84. The molecular formula is C29H32N2O3S. The number of fused-ring (bicyclic) bond motifs is 1. The van der Waals surface area contributed by atoms with Gasteiger partial charge in [-0.3, -0.25) is 4.79 Å². The van der Waals surface area contributed by atoms with Gasteiger partial charge in [-0.05, 0) is 52.8 Å². The molecular weight excluding hydrogens is 456 g/mol. The van der Waals surface area contributed by atoms with Crippen LogP contribution in [0.1, 0.15) is 43.9 Å². The molecule has 0 aliphatic carbocycles. The van der Waals surface area contributed by atoms with E-state index < -0.39 is 5.97 Å². The van der Waals surface area contributed by atoms with E-state index in [0.29, 0.717) is 19.6 Å². The van der Waals surface area contributed by atoms with Crippen LogP contribution in [0.2, 0.25) is 0 Å². The number of anilines is 1. The number of hydrogen-bond acceptors (Lipinski definition) is 5. The molecule has 0 atom stereocenters. The molecule has 0 amide bonds. The quantitative estimate of drug-likeness (QED) is 0.269. The number of hydrogen-bond donors (Lipinski definition) is 1. The van der Waals surface area contributed by atoms with Gasteiger partial charge in [0.05, 0.1) is 16.8 Å². The lowest BCUT2D eigenvalue weighted by Gasteiger charge is -2.23. The smallest absolute Gasteiger partial charge is 0.303 e. The van der Waals surface area contributed by atoms with Gasteiger partial charge in [-0.1, -0.05) is 80.6 Å². The molecule has 0 radical (unpaired) electrons. The Kier molecular flexibility index (Phi) is 7.71. The molecule has 0 saturated heterocycles. The van der Waals surface area contributed by atoms with E-state index in [4.69, 9.17) is 14.8 Å². The fourth-order valence-corrected chi connectivity index (χ4v) is 4.84. The number of nitrogens with zero attached hydrogens (tertiary/aromatic N) is 2. The van der Waals surface area contributed by atoms with Gasteiger partial charge in [0.1, 0.15) is 12.4 Å². The van der Waals surface area contributed by atoms with Gasteiger partial charge in [-0.15, -0.1) is 0 Å². The van der Waals surface area contributed by atoms with Crippen LogP contribution in [0.4, 0.5) is 5.13 Å². The van der Waals surface area contributed by atoms with Gasteiger partial charge in [0, 0.05) is 13.0 Å². The van der Waals surface area contributed by atoms with Crippen LogP contribution in [0.15, 0.2) is 72.8 Å². The van der Waals surface area contributed by atoms with Crippen molar-refractivity contribution in [1.29, 1.82) is 0 Å². The van der Waals surface area contributed by atoms with E-state index in [1.165, 1.54) is 15.8 Å². The monoisotopic (exact) mass is 488 g/mol. The Morgan fingerprint density at radius 2 is 1.66 bits per heavy atom. The summed E-state index contributed by atoms with van der Waals surface area (Å²) in [6.45, 7) is 8.65. The number of thiazole rings is 1. The fraction of sp³-hybridized carbons (Fsp3) is 0.310. The lowest BCUT2D eigenvalue weighted by molar-refractivity contribution is -0.136. The average molecular weight is 489 g/mol. The van der Waals surface area contributed by atoms with E-state index in [2.05, 4.69) is 56.0 Å². The SMILES string of the molecule is CC(C)(C)c1ccc(CN(CCOc2ccc(CCC(=O)O)cc2)c2nc3ccccc3s2)cc1. The molecule has 35 heavy (non-hydrogen) atoms. The van der Waals surface area contributed by atoms with Crippen molar-refractivity contribution in [1.82, 2.24) is 4.98 Å². The molecule has 1 aromatic heterocycles. The summed E-state index contributed by atoms with van der Waals surface area (Å²) in [6.07, 6.45) is 0.656. The topological polar surface area (TPSA) is 62.7 Å². The minimum atomic E-state index is -0.784. The Hall–Kier alpha value is -3.38. The number of aryl methyl sites for hydroxylation is 1. The maximum absolute atomic E-state index is 10.8. The van der Waals surface area contributed by atoms with E-state index in [9.17, 15) is 4.79 Å². The van der Waals surface area contributed by atoms with Crippen molar-refractivity contribution >= 4 is 32.7 Å². The number of carbonyl (C=O) groups is 1. The highest BCUT2D eigenvalue weighted by Crippen LogP contribution is 2.30. The summed E-state index contributed by atoms with van der Waals surface area (Å²) in [5.41, 5.74) is 4.69. The normalized spacial score (nSPS) is 11.5. The summed E-state index contributed by atoms with van der Waals surface area (Å²) >= 11 is 1.70. The highest BCUT2D eigenvalue weighted by Gasteiger charge is 2.16. The third-order valence-corrected chi connectivity index (χ3v) is 7.02. The second kappa shape index (κ2) is 10.9. The molecule has 0 unspecified atom stereocenters. The largest absolute Gasteiger partial charge is 0.492 e. The van der Waals surface area contributed by atoms with Gasteiger partial charge in [0.25, 0.3) is 0 Å². The number of aromatic nitrogens is 1. The highest BCUT2D eigenvalue weighted by atomic mass is 32.1. The third kappa shape index (κ3) is 6.83. The minimum Gasteiger partial charge on any atom is -0.492 e. The molecule has 0 aliphatic heterocycles. The Labute approximate surface area is 211 Å². The molecule has 6 heteroatoms. The van der Waals surface area contributed by atoms with Crippen LogP contribution in [0.3, 0.4) is 0 Å². The number of carboxylic acids is 1. The van der Waals surface area contributed by atoms with Gasteiger partial charge in [0.15, 0.2) is 5.13 Å². The predicted octanol–water partition coefficient (Wildman–Crippen LogP) is 6.70. The number of aliphatic carboxylic acids is 1. The molecule has 0 saturated carbocycles. The van der Waals surface area contributed by atoms with Crippen LogP contribution in [-0.4, -0.2) is 29.2 Å². The van der Waals surface area contributed by atoms with Crippen LogP contribution >= 0.6 is 11.3 Å². The first kappa shape index (κ1) is 24.7. The molecule has 1 N–H and O–H groups in total. The Morgan fingerprint density at radius 3 is 2.31 bits per heavy atom. The molecule has 4 rings (SSSR count). The average Bonchev–Trinajstić information content (AvgIpc) is 3.27. The second-order valence-corrected chi connectivity index (χ2v) is 10.7. The van der Waals surface area contributed by atoms with Crippen molar-refractivity contribution in [3.05, 3.63) is 89.5 Å². The zero-order valence-electron chi connectivity index (χ0n) is 20.5. The molecule has 1 heterocycles. The van der Waals surface area contributed by atoms with E-state index >= 15 is 0 Å². The second-order valence-electron chi connectivity index (χ2n) is 9.72. The van der Waals surface area contributed by atoms with Crippen LogP contribution in [0.25, 0.3) is 10.2 Å². The van der Waals surface area contributed by atoms with Gasteiger partial charge in [-0.2, -0.15) is 0 Å². The molecule has 0 spiro atoms. The predicted molar refractivity (Wildman–Crippen MR) is 144 cm³/mol. The van der Waals surface area contributed by atoms with Crippen molar-refractivity contribution in [3.8, 4) is 5.75 Å². The Bertz CT molecular complexity index is 1220. The zero-order valence-corrected chi connectivity index (χ0v) is 21.3. The first-order valence-corrected chi connectivity index (χ1v) is 12.7. The van der Waals surface area contributed by atoms with Crippen molar-refractivity contribution in [2.75, 3.05) is 18.1 Å². The van der Waals surface area contributed by atoms with Crippen molar-refractivity contribution in [2.24, 2.45) is 0 Å². The summed E-state index contributed by atoms with van der Waals surface area (Å²) in [6, 6.07) is 24.7. The van der Waals surface area contributed by atoms with Gasteiger partial charge >= 0.3 is 5.97 Å². The molecule has 5 nitrogen and oxygen atoms in total. The first-order valence-electron chi connectivity index (χ1n) is 11.9. The van der Waals surface area contributed by atoms with E-state index in [1.807, 2.05) is 42.5 Å². The summed E-state index contributed by atoms with van der Waals surface area (Å²) < 4.78 is 7.21. The van der Waals surface area contributed by atoms with Crippen LogP contribution in [-0.2, 0) is 23.2 Å². The van der Waals surface area contributed by atoms with Crippen LogP contribution in [0.5, 0.6) is 5.75 Å². The van der Waals surface area contributed by atoms with Crippen molar-refractivity contribution in [2.45, 2.75) is 45.6 Å². The number of carboxylic acid groups (broad SMARTS) is 1. The van der Waals surface area contributed by atoms with Gasteiger partial charge in [0.2, 0.25) is 0 Å². The molecule has 0 aliphatic rings. The summed E-state index contributed by atoms with van der Waals surface area (Å²) in [5.74, 6) is -0.00355. The minimum absolute atomic E-state index is 0.127. The molecule has 0 fully saturated rings. The molecule has 3 aromatic carbocycles. The summed E-state index contributed by atoms with van der Waals surface area (Å²) in [4.78, 5) is 17.9. The van der Waals surface area contributed by atoms with Crippen LogP contribution in [0, 0.1) is 0 Å². The Morgan fingerprint density at radius 1 is 0.971 bits per heavy atom. The number of benzene rings is 3. The highest BCUT2D eigenvalue weighted by molar-refractivity contribution is 7.22. The Balaban J connectivity index is 1.45. The lowest BCUT2D eigenvalue weighted by atomic mass is 9.87. The molecule has 4 aromatic rings.